The highest BCUT2D eigenvalue weighted by Crippen LogP contribution is 2.48. The van der Waals surface area contributed by atoms with Gasteiger partial charge in [0.1, 0.15) is 24.1 Å². The van der Waals surface area contributed by atoms with E-state index in [0.717, 1.165) is 11.1 Å². The molecule has 4 atom stereocenters. The highest BCUT2D eigenvalue weighted by molar-refractivity contribution is 6.31. The smallest absolute Gasteiger partial charge is 0.235 e. The highest BCUT2D eigenvalue weighted by Gasteiger charge is 2.56. The minimum absolute atomic E-state index is 0.169. The van der Waals surface area contributed by atoms with Crippen molar-refractivity contribution in [1.29, 1.82) is 0 Å². The zero-order chi connectivity index (χ0) is 36.0. The van der Waals surface area contributed by atoms with Gasteiger partial charge in [0, 0.05) is 29.3 Å². The second kappa shape index (κ2) is 15.9. The zero-order valence-electron chi connectivity index (χ0n) is 28.6. The SMILES string of the molecule is CCOc1cc(C2C(C(=O)Nc3ccccc3CC)C(=O)CC(C)(O)C2C(=O)Nc2ccccc2CC)ccc1OCc1c(F)cccc1Cl. The molecule has 0 aromatic heterocycles. The van der Waals surface area contributed by atoms with Crippen LogP contribution in [0.3, 0.4) is 0 Å². The molecule has 0 aliphatic heterocycles. The molecular weight excluding hydrogens is 659 g/mol. The molecular formula is C40H42ClFN2O6. The Bertz CT molecular complexity index is 1860. The van der Waals surface area contributed by atoms with Gasteiger partial charge in [-0.1, -0.05) is 74.0 Å². The number of carbonyl (C=O) groups is 3. The average Bonchev–Trinajstić information content (AvgIpc) is 3.08. The number of para-hydroxylation sites is 2. The summed E-state index contributed by atoms with van der Waals surface area (Å²) in [6, 6.07) is 23.9. The summed E-state index contributed by atoms with van der Waals surface area (Å²) >= 11 is 6.23. The van der Waals surface area contributed by atoms with Crippen molar-refractivity contribution in [3.63, 3.8) is 0 Å². The molecule has 1 saturated carbocycles. The summed E-state index contributed by atoms with van der Waals surface area (Å²) in [4.78, 5) is 42.5. The number of halogens is 2. The Balaban J connectivity index is 1.60. The molecule has 8 nitrogen and oxygen atoms in total. The zero-order valence-corrected chi connectivity index (χ0v) is 29.4. The standard InChI is InChI=1S/C40H42ClFN2O6/c1-5-24-13-8-10-17-30(24)43-38(46)36-32(45)22-40(4,48)37(39(47)44-31-18-11-9-14-25(31)6-2)35(36)26-19-20-33(34(21-26)49-7-3)50-23-27-28(41)15-12-16-29(27)42/h8-21,35-37,48H,5-7,22-23H2,1-4H3,(H,43,46)(H,44,47). The Labute approximate surface area is 297 Å². The third-order valence-corrected chi connectivity index (χ3v) is 9.58. The lowest BCUT2D eigenvalue weighted by Gasteiger charge is -2.44. The van der Waals surface area contributed by atoms with E-state index in [9.17, 15) is 23.9 Å². The largest absolute Gasteiger partial charge is 0.490 e. The molecule has 10 heteroatoms. The predicted molar refractivity (Wildman–Crippen MR) is 192 cm³/mol. The van der Waals surface area contributed by atoms with Gasteiger partial charge in [0.05, 0.1) is 23.1 Å². The Morgan fingerprint density at radius 2 is 1.48 bits per heavy atom. The quantitative estimate of drug-likeness (QED) is 0.130. The molecule has 4 aromatic carbocycles. The van der Waals surface area contributed by atoms with Gasteiger partial charge in [-0.2, -0.15) is 0 Å². The summed E-state index contributed by atoms with van der Waals surface area (Å²) in [6.07, 6.45) is 0.887. The average molecular weight is 701 g/mol. The summed E-state index contributed by atoms with van der Waals surface area (Å²) in [5, 5.41) is 18.0. The molecule has 1 aliphatic carbocycles. The Morgan fingerprint density at radius 1 is 0.860 bits per heavy atom. The number of ether oxygens (including phenoxy) is 2. The van der Waals surface area contributed by atoms with Crippen LogP contribution in [-0.4, -0.2) is 34.9 Å². The maximum Gasteiger partial charge on any atom is 0.235 e. The number of carbonyl (C=O) groups excluding carboxylic acids is 3. The first-order valence-electron chi connectivity index (χ1n) is 16.8. The summed E-state index contributed by atoms with van der Waals surface area (Å²) in [6.45, 7) is 7.21. The summed E-state index contributed by atoms with van der Waals surface area (Å²) in [5.74, 6) is -5.31. The van der Waals surface area contributed by atoms with Crippen LogP contribution in [0.1, 0.15) is 62.3 Å². The Hall–Kier alpha value is -4.73. The van der Waals surface area contributed by atoms with Gasteiger partial charge in [0.15, 0.2) is 11.5 Å². The second-order valence-electron chi connectivity index (χ2n) is 12.6. The maximum absolute atomic E-state index is 14.5. The monoisotopic (exact) mass is 700 g/mol. The van der Waals surface area contributed by atoms with Crippen LogP contribution in [0.2, 0.25) is 5.02 Å². The number of rotatable bonds is 12. The van der Waals surface area contributed by atoms with Gasteiger partial charge >= 0.3 is 0 Å². The molecule has 4 aromatic rings. The molecule has 1 fully saturated rings. The molecule has 0 heterocycles. The first-order chi connectivity index (χ1) is 24.0. The normalized spacial score (nSPS) is 20.2. The van der Waals surface area contributed by atoms with Crippen LogP contribution in [-0.2, 0) is 33.8 Å². The predicted octanol–water partition coefficient (Wildman–Crippen LogP) is 7.90. The van der Waals surface area contributed by atoms with Gasteiger partial charge in [-0.3, -0.25) is 14.4 Å². The fraction of sp³-hybridized carbons (Fsp3) is 0.325. The fourth-order valence-electron chi connectivity index (χ4n) is 6.75. The van der Waals surface area contributed by atoms with Crippen molar-refractivity contribution >= 4 is 40.6 Å². The molecule has 262 valence electrons. The topological polar surface area (TPSA) is 114 Å². The molecule has 0 bridgehead atoms. The number of anilines is 2. The van der Waals surface area contributed by atoms with E-state index in [-0.39, 0.29) is 35.3 Å². The van der Waals surface area contributed by atoms with E-state index in [0.29, 0.717) is 29.8 Å². The minimum atomic E-state index is -1.81. The number of aryl methyl sites for hydroxylation is 2. The van der Waals surface area contributed by atoms with Gasteiger partial charge in [0.2, 0.25) is 11.8 Å². The number of hydrogen-bond donors (Lipinski definition) is 3. The molecule has 5 rings (SSSR count). The molecule has 2 amide bonds. The Morgan fingerprint density at radius 3 is 2.08 bits per heavy atom. The number of aliphatic hydroxyl groups is 1. The van der Waals surface area contributed by atoms with Crippen LogP contribution in [0, 0.1) is 17.7 Å². The van der Waals surface area contributed by atoms with Crippen LogP contribution < -0.4 is 20.1 Å². The molecule has 0 radical (unpaired) electrons. The lowest BCUT2D eigenvalue weighted by atomic mass is 9.61. The minimum Gasteiger partial charge on any atom is -0.490 e. The van der Waals surface area contributed by atoms with E-state index in [2.05, 4.69) is 10.6 Å². The molecule has 0 saturated heterocycles. The number of amides is 2. The van der Waals surface area contributed by atoms with E-state index >= 15 is 0 Å². The van der Waals surface area contributed by atoms with Crippen LogP contribution in [0.15, 0.2) is 84.9 Å². The summed E-state index contributed by atoms with van der Waals surface area (Å²) in [5.41, 5.74) is 1.68. The third-order valence-electron chi connectivity index (χ3n) is 9.23. The van der Waals surface area contributed by atoms with E-state index in [1.807, 2.05) is 38.1 Å². The summed E-state index contributed by atoms with van der Waals surface area (Å²) in [7, 11) is 0. The number of ketones is 1. The van der Waals surface area contributed by atoms with Crippen LogP contribution in [0.4, 0.5) is 15.8 Å². The lowest BCUT2D eigenvalue weighted by Crippen LogP contribution is -2.56. The molecule has 4 unspecified atom stereocenters. The van der Waals surface area contributed by atoms with Crippen molar-refractivity contribution in [2.45, 2.75) is 65.1 Å². The fourth-order valence-corrected chi connectivity index (χ4v) is 6.97. The molecule has 0 spiro atoms. The number of hydrogen-bond acceptors (Lipinski definition) is 6. The van der Waals surface area contributed by atoms with Crippen molar-refractivity contribution in [1.82, 2.24) is 0 Å². The van der Waals surface area contributed by atoms with Gasteiger partial charge in [0.25, 0.3) is 0 Å². The van der Waals surface area contributed by atoms with E-state index in [1.165, 1.54) is 19.1 Å². The third kappa shape index (κ3) is 7.85. The van der Waals surface area contributed by atoms with Crippen LogP contribution in [0.5, 0.6) is 11.5 Å². The first kappa shape index (κ1) is 36.5. The summed E-state index contributed by atoms with van der Waals surface area (Å²) < 4.78 is 26.5. The maximum atomic E-state index is 14.5. The molecule has 50 heavy (non-hydrogen) atoms. The van der Waals surface area contributed by atoms with E-state index < -0.39 is 53.2 Å². The van der Waals surface area contributed by atoms with E-state index in [4.69, 9.17) is 21.1 Å². The van der Waals surface area contributed by atoms with E-state index in [1.54, 1.807) is 55.5 Å². The molecule has 1 aliphatic rings. The van der Waals surface area contributed by atoms with Crippen LogP contribution in [0.25, 0.3) is 0 Å². The first-order valence-corrected chi connectivity index (χ1v) is 17.2. The van der Waals surface area contributed by atoms with Crippen molar-refractivity contribution < 1.29 is 33.4 Å². The van der Waals surface area contributed by atoms with Crippen molar-refractivity contribution in [2.24, 2.45) is 11.8 Å². The van der Waals surface area contributed by atoms with Gasteiger partial charge in [-0.15, -0.1) is 0 Å². The second-order valence-corrected chi connectivity index (χ2v) is 13.0. The van der Waals surface area contributed by atoms with Gasteiger partial charge in [-0.25, -0.2) is 4.39 Å². The van der Waals surface area contributed by atoms with Crippen molar-refractivity contribution in [2.75, 3.05) is 17.2 Å². The van der Waals surface area contributed by atoms with Crippen molar-refractivity contribution in [3.05, 3.63) is 118 Å². The van der Waals surface area contributed by atoms with Crippen LogP contribution >= 0.6 is 11.6 Å². The Kier molecular flexibility index (Phi) is 11.6. The number of Topliss-reactive ketones (excluding diaryl/α,β-unsaturated/α-hetero) is 1. The van der Waals surface area contributed by atoms with Gasteiger partial charge < -0.3 is 25.2 Å². The van der Waals surface area contributed by atoms with Crippen molar-refractivity contribution in [3.8, 4) is 11.5 Å². The number of nitrogens with one attached hydrogen (secondary N) is 2. The number of benzene rings is 4. The highest BCUT2D eigenvalue weighted by atomic mass is 35.5. The lowest BCUT2D eigenvalue weighted by molar-refractivity contribution is -0.150. The van der Waals surface area contributed by atoms with Gasteiger partial charge in [-0.05, 0) is 79.8 Å². The molecule has 3 N–H and O–H groups in total.